The van der Waals surface area contributed by atoms with E-state index in [0.29, 0.717) is 29.4 Å². The van der Waals surface area contributed by atoms with Gasteiger partial charge in [-0.25, -0.2) is 0 Å². The number of rotatable bonds is 9. The van der Waals surface area contributed by atoms with Crippen molar-refractivity contribution in [2.45, 2.75) is 13.0 Å². The lowest BCUT2D eigenvalue weighted by Crippen LogP contribution is -2.46. The molecule has 2 aromatic carbocycles. The molecule has 8 heteroatoms. The first-order valence-corrected chi connectivity index (χ1v) is 10.7. The molecular formula is C23H30ClN3O4. The van der Waals surface area contributed by atoms with E-state index in [1.807, 2.05) is 18.2 Å². The highest BCUT2D eigenvalue weighted by Crippen LogP contribution is 2.39. The van der Waals surface area contributed by atoms with E-state index in [0.717, 1.165) is 44.3 Å². The van der Waals surface area contributed by atoms with E-state index in [4.69, 9.17) is 25.8 Å². The number of hydrogen-bond acceptors (Lipinski definition) is 6. The molecule has 7 nitrogen and oxygen atoms in total. The second-order valence-corrected chi connectivity index (χ2v) is 7.90. The van der Waals surface area contributed by atoms with E-state index >= 15 is 0 Å². The molecule has 0 atom stereocenters. The van der Waals surface area contributed by atoms with E-state index in [-0.39, 0.29) is 5.91 Å². The van der Waals surface area contributed by atoms with Gasteiger partial charge in [-0.05, 0) is 17.7 Å². The quantitative estimate of drug-likeness (QED) is 0.634. The second-order valence-electron chi connectivity index (χ2n) is 7.46. The third kappa shape index (κ3) is 6.50. The summed E-state index contributed by atoms with van der Waals surface area (Å²) in [6, 6.07) is 11.5. The van der Waals surface area contributed by atoms with Crippen LogP contribution in [0.4, 0.5) is 5.69 Å². The molecule has 31 heavy (non-hydrogen) atoms. The summed E-state index contributed by atoms with van der Waals surface area (Å²) in [5.74, 6) is 1.47. The summed E-state index contributed by atoms with van der Waals surface area (Å²) >= 11 is 6.08. The number of carbonyl (C=O) groups is 1. The van der Waals surface area contributed by atoms with E-state index < -0.39 is 0 Å². The van der Waals surface area contributed by atoms with Crippen LogP contribution < -0.4 is 19.5 Å². The summed E-state index contributed by atoms with van der Waals surface area (Å²) in [5, 5.41) is 3.70. The molecule has 3 rings (SSSR count). The molecule has 0 bridgehead atoms. The summed E-state index contributed by atoms with van der Waals surface area (Å²) in [5.41, 5.74) is 1.84. The zero-order valence-electron chi connectivity index (χ0n) is 18.3. The van der Waals surface area contributed by atoms with Crippen LogP contribution in [0.25, 0.3) is 0 Å². The van der Waals surface area contributed by atoms with Crippen molar-refractivity contribution in [3.05, 3.63) is 47.0 Å². The van der Waals surface area contributed by atoms with Crippen LogP contribution in [0, 0.1) is 0 Å². The minimum Gasteiger partial charge on any atom is -0.493 e. The molecule has 1 aliphatic heterocycles. The Hall–Kier alpha value is -2.48. The van der Waals surface area contributed by atoms with Gasteiger partial charge in [0.15, 0.2) is 11.5 Å². The molecule has 2 aromatic rings. The van der Waals surface area contributed by atoms with E-state index in [1.54, 1.807) is 33.5 Å². The van der Waals surface area contributed by atoms with Crippen LogP contribution in [0.3, 0.4) is 0 Å². The summed E-state index contributed by atoms with van der Waals surface area (Å²) < 4.78 is 16.0. The highest BCUT2D eigenvalue weighted by Gasteiger charge is 2.19. The zero-order valence-corrected chi connectivity index (χ0v) is 19.1. The molecule has 0 spiro atoms. The topological polar surface area (TPSA) is 63.3 Å². The maximum Gasteiger partial charge on any atom is 0.225 e. The number of amides is 1. The molecule has 0 saturated carbocycles. The van der Waals surface area contributed by atoms with Gasteiger partial charge in [0.1, 0.15) is 0 Å². The fraction of sp³-hybridized carbons (Fsp3) is 0.435. The first-order chi connectivity index (χ1) is 15.0. The number of methoxy groups -OCH3 is 3. The first-order valence-electron chi connectivity index (χ1n) is 10.3. The SMILES string of the molecule is COc1cc(NC(=O)CCN2CCN(Cc3cccc(Cl)c3)CC2)cc(OC)c1OC. The molecule has 0 radical (unpaired) electrons. The Morgan fingerprint density at radius 3 is 2.19 bits per heavy atom. The number of hydrogen-bond donors (Lipinski definition) is 1. The maximum atomic E-state index is 12.5. The minimum absolute atomic E-state index is 0.0457. The smallest absolute Gasteiger partial charge is 0.225 e. The average molecular weight is 448 g/mol. The second kappa shape index (κ2) is 11.2. The van der Waals surface area contributed by atoms with Gasteiger partial charge in [0.05, 0.1) is 21.3 Å². The van der Waals surface area contributed by atoms with Gasteiger partial charge >= 0.3 is 0 Å². The number of carbonyl (C=O) groups excluding carboxylic acids is 1. The monoisotopic (exact) mass is 447 g/mol. The molecule has 1 fully saturated rings. The van der Waals surface area contributed by atoms with Crippen LogP contribution in [-0.4, -0.2) is 69.8 Å². The van der Waals surface area contributed by atoms with Crippen molar-refractivity contribution in [3.8, 4) is 17.2 Å². The number of halogens is 1. The van der Waals surface area contributed by atoms with Gasteiger partial charge in [-0.15, -0.1) is 0 Å². The number of benzene rings is 2. The predicted octanol–water partition coefficient (Wildman–Crippen LogP) is 3.51. The van der Waals surface area contributed by atoms with Gasteiger partial charge in [-0.1, -0.05) is 23.7 Å². The highest BCUT2D eigenvalue weighted by atomic mass is 35.5. The average Bonchev–Trinajstić information content (AvgIpc) is 2.78. The Labute approximate surface area is 188 Å². The van der Waals surface area contributed by atoms with Crippen molar-refractivity contribution in [1.29, 1.82) is 0 Å². The number of ether oxygens (including phenoxy) is 3. The molecule has 0 aromatic heterocycles. The third-order valence-corrected chi connectivity index (χ3v) is 5.60. The molecule has 1 amide bonds. The molecule has 0 unspecified atom stereocenters. The number of nitrogens with zero attached hydrogens (tertiary/aromatic N) is 2. The summed E-state index contributed by atoms with van der Waals surface area (Å²) in [6.07, 6.45) is 0.422. The molecule has 0 aliphatic carbocycles. The third-order valence-electron chi connectivity index (χ3n) is 5.36. The Morgan fingerprint density at radius 2 is 1.61 bits per heavy atom. The largest absolute Gasteiger partial charge is 0.493 e. The Kier molecular flexibility index (Phi) is 8.40. The molecule has 1 N–H and O–H groups in total. The van der Waals surface area contributed by atoms with Crippen LogP contribution in [0.1, 0.15) is 12.0 Å². The van der Waals surface area contributed by atoms with E-state index in [2.05, 4.69) is 21.2 Å². The van der Waals surface area contributed by atoms with Crippen LogP contribution in [0.2, 0.25) is 5.02 Å². The highest BCUT2D eigenvalue weighted by molar-refractivity contribution is 6.30. The fourth-order valence-corrected chi connectivity index (χ4v) is 3.91. The van der Waals surface area contributed by atoms with Crippen molar-refractivity contribution in [2.24, 2.45) is 0 Å². The van der Waals surface area contributed by atoms with Crippen LogP contribution >= 0.6 is 11.6 Å². The van der Waals surface area contributed by atoms with E-state index in [1.165, 1.54) is 5.56 Å². The minimum atomic E-state index is -0.0457. The maximum absolute atomic E-state index is 12.5. The zero-order chi connectivity index (χ0) is 22.2. The molecule has 1 saturated heterocycles. The van der Waals surface area contributed by atoms with Gasteiger partial charge in [0.2, 0.25) is 11.7 Å². The Bertz CT molecular complexity index is 860. The van der Waals surface area contributed by atoms with E-state index in [9.17, 15) is 4.79 Å². The number of anilines is 1. The van der Waals surface area contributed by atoms with Crippen molar-refractivity contribution >= 4 is 23.2 Å². The summed E-state index contributed by atoms with van der Waals surface area (Å²) in [7, 11) is 4.65. The van der Waals surface area contributed by atoms with Crippen molar-refractivity contribution in [3.63, 3.8) is 0 Å². The number of nitrogens with one attached hydrogen (secondary N) is 1. The van der Waals surface area contributed by atoms with Crippen molar-refractivity contribution in [1.82, 2.24) is 9.80 Å². The molecule has 1 aliphatic rings. The number of piperazine rings is 1. The fourth-order valence-electron chi connectivity index (χ4n) is 3.70. The van der Waals surface area contributed by atoms with Crippen LogP contribution in [0.15, 0.2) is 36.4 Å². The summed E-state index contributed by atoms with van der Waals surface area (Å²) in [6.45, 7) is 5.45. The lowest BCUT2D eigenvalue weighted by Gasteiger charge is -2.34. The molecule has 168 valence electrons. The standard InChI is InChI=1S/C23H30ClN3O4/c1-29-20-14-19(15-21(30-2)23(20)31-3)25-22(28)7-8-26-9-11-27(12-10-26)16-17-5-4-6-18(24)13-17/h4-6,13-15H,7-12,16H2,1-3H3,(H,25,28). The van der Waals surface area contributed by atoms with Crippen molar-refractivity contribution in [2.75, 3.05) is 59.4 Å². The lowest BCUT2D eigenvalue weighted by atomic mass is 10.2. The lowest BCUT2D eigenvalue weighted by molar-refractivity contribution is -0.116. The van der Waals surface area contributed by atoms with Gasteiger partial charge in [0, 0.05) is 68.5 Å². The van der Waals surface area contributed by atoms with Gasteiger partial charge in [-0.2, -0.15) is 0 Å². The summed E-state index contributed by atoms with van der Waals surface area (Å²) in [4.78, 5) is 17.2. The Balaban J connectivity index is 1.45. The van der Waals surface area contributed by atoms with Gasteiger partial charge < -0.3 is 24.4 Å². The van der Waals surface area contributed by atoms with Gasteiger partial charge in [0.25, 0.3) is 0 Å². The predicted molar refractivity (Wildman–Crippen MR) is 123 cm³/mol. The van der Waals surface area contributed by atoms with Gasteiger partial charge in [-0.3, -0.25) is 9.69 Å². The normalized spacial score (nSPS) is 14.8. The van der Waals surface area contributed by atoms with Crippen molar-refractivity contribution < 1.29 is 19.0 Å². The molecule has 1 heterocycles. The van der Waals surface area contributed by atoms with Crippen LogP contribution in [-0.2, 0) is 11.3 Å². The Morgan fingerprint density at radius 1 is 0.968 bits per heavy atom. The first kappa shape index (κ1) is 23.2. The molecular weight excluding hydrogens is 418 g/mol. The van der Waals surface area contributed by atoms with Crippen LogP contribution in [0.5, 0.6) is 17.2 Å².